The number of nitrogens with one attached hydrogen (secondary N) is 1. The summed E-state index contributed by atoms with van der Waals surface area (Å²) < 4.78 is 26.1. The monoisotopic (exact) mass is 648 g/mol. The van der Waals surface area contributed by atoms with E-state index in [9.17, 15) is 18.8 Å². The molecular weight excluding hydrogens is 631 g/mol. The van der Waals surface area contributed by atoms with E-state index in [4.69, 9.17) is 9.47 Å². The van der Waals surface area contributed by atoms with Crippen molar-refractivity contribution in [2.75, 3.05) is 19.0 Å². The predicted octanol–water partition coefficient (Wildman–Crippen LogP) is 6.61. The van der Waals surface area contributed by atoms with Crippen LogP contribution in [0.3, 0.4) is 0 Å². The van der Waals surface area contributed by atoms with Gasteiger partial charge in [0, 0.05) is 10.2 Å². The molecule has 1 aliphatic rings. The van der Waals surface area contributed by atoms with Gasteiger partial charge in [-0.3, -0.25) is 19.3 Å². The maximum Gasteiger partial charge on any atom is 0.294 e. The smallest absolute Gasteiger partial charge is 0.294 e. The summed E-state index contributed by atoms with van der Waals surface area (Å²) >= 11 is 7.52. The van der Waals surface area contributed by atoms with Crippen LogP contribution in [0.25, 0.3) is 6.08 Å². The van der Waals surface area contributed by atoms with Gasteiger partial charge in [0.25, 0.3) is 11.1 Å². The molecule has 190 valence electrons. The first-order valence-electron chi connectivity index (χ1n) is 10.8. The van der Waals surface area contributed by atoms with Crippen LogP contribution < -0.4 is 14.8 Å². The minimum absolute atomic E-state index is 0.118. The number of benzene rings is 3. The molecule has 0 bridgehead atoms. The number of methoxy groups -OCH3 is 1. The minimum atomic E-state index is -0.567. The fourth-order valence-corrected chi connectivity index (χ4v) is 5.09. The highest BCUT2D eigenvalue weighted by Gasteiger charge is 2.36. The van der Waals surface area contributed by atoms with Gasteiger partial charge in [0.2, 0.25) is 5.91 Å². The van der Waals surface area contributed by atoms with E-state index >= 15 is 0 Å². The van der Waals surface area contributed by atoms with Crippen LogP contribution >= 0.6 is 43.6 Å². The van der Waals surface area contributed by atoms with Crippen molar-refractivity contribution in [3.8, 4) is 11.5 Å². The highest BCUT2D eigenvalue weighted by Crippen LogP contribution is 2.39. The van der Waals surface area contributed by atoms with Crippen molar-refractivity contribution in [1.29, 1.82) is 0 Å². The molecule has 0 spiro atoms. The quantitative estimate of drug-likeness (QED) is 0.276. The molecule has 0 unspecified atom stereocenters. The van der Waals surface area contributed by atoms with Gasteiger partial charge in [-0.25, -0.2) is 4.39 Å². The van der Waals surface area contributed by atoms with E-state index in [-0.39, 0.29) is 17.3 Å². The van der Waals surface area contributed by atoms with Crippen LogP contribution in [0.15, 0.2) is 74.5 Å². The molecule has 37 heavy (non-hydrogen) atoms. The summed E-state index contributed by atoms with van der Waals surface area (Å²) in [5, 5.41) is 2.13. The lowest BCUT2D eigenvalue weighted by Crippen LogP contribution is -2.36. The minimum Gasteiger partial charge on any atom is -0.493 e. The molecule has 3 amide bonds. The van der Waals surface area contributed by atoms with Crippen LogP contribution in [-0.2, 0) is 16.2 Å². The van der Waals surface area contributed by atoms with Crippen LogP contribution in [0.1, 0.15) is 11.1 Å². The largest absolute Gasteiger partial charge is 0.493 e. The van der Waals surface area contributed by atoms with Crippen molar-refractivity contribution < 1.29 is 28.2 Å². The van der Waals surface area contributed by atoms with Crippen LogP contribution in [0.4, 0.5) is 14.9 Å². The standard InChI is InChI=1S/C26H19Br2FN2O5S/c1-35-21-11-16(10-20(28)24(21)36-14-15-3-2-4-18(29)9-15)12-22-25(33)31(26(34)37-22)13-23(32)30-19-7-5-17(27)6-8-19/h2-12H,13-14H2,1H3,(H,30,32)/b22-12+. The summed E-state index contributed by atoms with van der Waals surface area (Å²) in [6, 6.07) is 16.4. The van der Waals surface area contributed by atoms with Gasteiger partial charge in [0.05, 0.1) is 16.5 Å². The van der Waals surface area contributed by atoms with Gasteiger partial charge >= 0.3 is 0 Å². The van der Waals surface area contributed by atoms with E-state index in [1.165, 1.54) is 19.2 Å². The lowest BCUT2D eigenvalue weighted by Gasteiger charge is -2.14. The number of carbonyl (C=O) groups excluding carboxylic acids is 3. The van der Waals surface area contributed by atoms with E-state index in [1.807, 2.05) is 0 Å². The summed E-state index contributed by atoms with van der Waals surface area (Å²) in [6.45, 7) is -0.286. The third-order valence-electron chi connectivity index (χ3n) is 5.13. The van der Waals surface area contributed by atoms with Gasteiger partial charge in [-0.1, -0.05) is 28.1 Å². The summed E-state index contributed by atoms with van der Waals surface area (Å²) in [5.74, 6) is -0.633. The number of halogens is 3. The Morgan fingerprint density at radius 2 is 1.86 bits per heavy atom. The lowest BCUT2D eigenvalue weighted by atomic mass is 10.1. The zero-order chi connectivity index (χ0) is 26.5. The van der Waals surface area contributed by atoms with Gasteiger partial charge in [-0.05, 0) is 93.4 Å². The second-order valence-electron chi connectivity index (χ2n) is 7.78. The number of carbonyl (C=O) groups is 3. The number of ether oxygens (including phenoxy) is 2. The van der Waals surface area contributed by atoms with Crippen molar-refractivity contribution in [2.45, 2.75) is 6.61 Å². The SMILES string of the molecule is COc1cc(/C=C2/SC(=O)N(CC(=O)Nc3ccc(Br)cc3)C2=O)cc(Br)c1OCc1cccc(F)c1. The summed E-state index contributed by atoms with van der Waals surface area (Å²) in [4.78, 5) is 38.8. The fourth-order valence-electron chi connectivity index (χ4n) is 3.41. The number of imide groups is 1. The van der Waals surface area contributed by atoms with Crippen LogP contribution in [0, 0.1) is 5.82 Å². The van der Waals surface area contributed by atoms with E-state index in [2.05, 4.69) is 37.2 Å². The number of amides is 3. The molecule has 0 atom stereocenters. The summed E-state index contributed by atoms with van der Waals surface area (Å²) in [5.41, 5.74) is 1.77. The Balaban J connectivity index is 1.46. The number of rotatable bonds is 8. The van der Waals surface area contributed by atoms with Crippen molar-refractivity contribution in [2.24, 2.45) is 0 Å². The Kier molecular flexibility index (Phi) is 8.67. The molecule has 7 nitrogen and oxygen atoms in total. The molecule has 0 aliphatic carbocycles. The number of hydrogen-bond donors (Lipinski definition) is 1. The zero-order valence-electron chi connectivity index (χ0n) is 19.3. The number of hydrogen-bond acceptors (Lipinski definition) is 6. The van der Waals surface area contributed by atoms with Gasteiger partial charge in [0.1, 0.15) is 19.0 Å². The van der Waals surface area contributed by atoms with Gasteiger partial charge in [-0.2, -0.15) is 0 Å². The van der Waals surface area contributed by atoms with E-state index in [0.717, 1.165) is 21.1 Å². The highest BCUT2D eigenvalue weighted by atomic mass is 79.9. The van der Waals surface area contributed by atoms with Crippen LogP contribution in [0.5, 0.6) is 11.5 Å². The Morgan fingerprint density at radius 1 is 1.11 bits per heavy atom. The molecule has 0 aromatic heterocycles. The van der Waals surface area contributed by atoms with Gasteiger partial charge in [0.15, 0.2) is 11.5 Å². The molecular formula is C26H19Br2FN2O5S. The van der Waals surface area contributed by atoms with Crippen molar-refractivity contribution in [3.05, 3.63) is 91.5 Å². The van der Waals surface area contributed by atoms with E-state index < -0.39 is 23.6 Å². The predicted molar refractivity (Wildman–Crippen MR) is 147 cm³/mol. The van der Waals surface area contributed by atoms with Crippen molar-refractivity contribution >= 4 is 72.4 Å². The zero-order valence-corrected chi connectivity index (χ0v) is 23.3. The second kappa shape index (κ2) is 11.9. The Morgan fingerprint density at radius 3 is 2.57 bits per heavy atom. The first-order chi connectivity index (χ1) is 17.7. The molecule has 3 aromatic carbocycles. The third-order valence-corrected chi connectivity index (χ3v) is 7.15. The fraction of sp³-hybridized carbons (Fsp3) is 0.115. The van der Waals surface area contributed by atoms with Gasteiger partial charge in [-0.15, -0.1) is 0 Å². The first-order valence-corrected chi connectivity index (χ1v) is 13.2. The highest BCUT2D eigenvalue weighted by molar-refractivity contribution is 9.10. The van der Waals surface area contributed by atoms with Gasteiger partial charge < -0.3 is 14.8 Å². The number of anilines is 1. The lowest BCUT2D eigenvalue weighted by molar-refractivity contribution is -0.127. The van der Waals surface area contributed by atoms with Crippen LogP contribution in [0.2, 0.25) is 0 Å². The molecule has 1 fully saturated rings. The molecule has 3 aromatic rings. The van der Waals surface area contributed by atoms with Crippen LogP contribution in [-0.4, -0.2) is 35.6 Å². The topological polar surface area (TPSA) is 84.9 Å². The third kappa shape index (κ3) is 6.79. The number of thioether (sulfide) groups is 1. The van der Waals surface area contributed by atoms with Crippen molar-refractivity contribution in [3.63, 3.8) is 0 Å². The number of nitrogens with zero attached hydrogens (tertiary/aromatic N) is 1. The normalized spacial score (nSPS) is 14.3. The first kappa shape index (κ1) is 26.9. The summed E-state index contributed by atoms with van der Waals surface area (Å²) in [7, 11) is 1.47. The molecule has 1 aliphatic heterocycles. The maximum absolute atomic E-state index is 13.5. The van der Waals surface area contributed by atoms with Crippen molar-refractivity contribution in [1.82, 2.24) is 4.90 Å². The molecule has 0 radical (unpaired) electrons. The Labute approximate surface area is 233 Å². The van der Waals surface area contributed by atoms with E-state index in [0.29, 0.717) is 32.8 Å². The van der Waals surface area contributed by atoms with E-state index in [1.54, 1.807) is 54.6 Å². The molecule has 1 heterocycles. The molecule has 11 heteroatoms. The summed E-state index contributed by atoms with van der Waals surface area (Å²) in [6.07, 6.45) is 1.54. The second-order valence-corrected chi connectivity index (χ2v) is 10.5. The Bertz CT molecular complexity index is 1400. The average molecular weight is 650 g/mol. The Hall–Kier alpha value is -3.15. The molecule has 1 saturated heterocycles. The average Bonchev–Trinajstić information content (AvgIpc) is 3.11. The molecule has 0 saturated carbocycles. The molecule has 4 rings (SSSR count). The maximum atomic E-state index is 13.5. The molecule has 1 N–H and O–H groups in total.